The van der Waals surface area contributed by atoms with Crippen molar-refractivity contribution in [2.45, 2.75) is 59.4 Å². The summed E-state index contributed by atoms with van der Waals surface area (Å²) < 4.78 is 0. The van der Waals surface area contributed by atoms with Crippen LogP contribution in [0.5, 0.6) is 0 Å². The van der Waals surface area contributed by atoms with Crippen LogP contribution in [0.1, 0.15) is 53.4 Å². The summed E-state index contributed by atoms with van der Waals surface area (Å²) >= 11 is 0. The number of nitrogens with zero attached hydrogens (tertiary/aromatic N) is 2. The summed E-state index contributed by atoms with van der Waals surface area (Å²) in [4.78, 5) is 16.8. The highest BCUT2D eigenvalue weighted by Gasteiger charge is 2.38. The minimum Gasteiger partial charge on any atom is -0.301 e. The van der Waals surface area contributed by atoms with Crippen LogP contribution in [0.15, 0.2) is 0 Å². The normalized spacial score (nSPS) is 24.7. The van der Waals surface area contributed by atoms with Crippen molar-refractivity contribution in [3.05, 3.63) is 0 Å². The molecule has 2 aliphatic rings. The lowest BCUT2D eigenvalue weighted by Gasteiger charge is -2.47. The van der Waals surface area contributed by atoms with Gasteiger partial charge < -0.3 is 4.90 Å². The Morgan fingerprint density at radius 1 is 0.950 bits per heavy atom. The number of carbonyl (C=O) groups is 1. The number of carbonyl (C=O) groups excluding carboxylic acids is 1. The minimum atomic E-state index is 0.181. The van der Waals surface area contributed by atoms with E-state index in [4.69, 9.17) is 0 Å². The summed E-state index contributed by atoms with van der Waals surface area (Å²) in [5.41, 5.74) is 0.586. The molecule has 2 rings (SSSR count). The van der Waals surface area contributed by atoms with Crippen LogP contribution < -0.4 is 0 Å². The molecule has 20 heavy (non-hydrogen) atoms. The third-order valence-electron chi connectivity index (χ3n) is 5.53. The average Bonchev–Trinajstić information content (AvgIpc) is 2.42. The first-order chi connectivity index (χ1) is 9.42. The predicted molar refractivity (Wildman–Crippen MR) is 83.9 cm³/mol. The second kappa shape index (κ2) is 6.57. The van der Waals surface area contributed by atoms with Crippen molar-refractivity contribution in [3.63, 3.8) is 0 Å². The number of Topliss-reactive ketones (excluding diaryl/α,β-unsaturated/α-hetero) is 1. The van der Waals surface area contributed by atoms with Gasteiger partial charge in [0.2, 0.25) is 0 Å². The average molecular weight is 280 g/mol. The fraction of sp³-hybridized carbons (Fsp3) is 0.941. The van der Waals surface area contributed by atoms with E-state index >= 15 is 0 Å². The zero-order chi connectivity index (χ0) is 14.8. The fourth-order valence-corrected chi connectivity index (χ4v) is 3.60. The second-order valence-electron chi connectivity index (χ2n) is 7.53. The van der Waals surface area contributed by atoms with Crippen molar-refractivity contribution in [1.29, 1.82) is 0 Å². The van der Waals surface area contributed by atoms with Gasteiger partial charge in [-0.3, -0.25) is 9.69 Å². The summed E-state index contributed by atoms with van der Waals surface area (Å²) in [7, 11) is 0. The molecule has 0 saturated carbocycles. The van der Waals surface area contributed by atoms with Gasteiger partial charge in [-0.1, -0.05) is 13.8 Å². The Morgan fingerprint density at radius 2 is 1.45 bits per heavy atom. The lowest BCUT2D eigenvalue weighted by molar-refractivity contribution is -0.123. The Morgan fingerprint density at radius 3 is 1.90 bits per heavy atom. The molecular formula is C17H32N2O. The first-order valence-corrected chi connectivity index (χ1v) is 8.41. The highest BCUT2D eigenvalue weighted by Crippen LogP contribution is 2.41. The van der Waals surface area contributed by atoms with E-state index in [1.807, 2.05) is 13.8 Å². The maximum Gasteiger partial charge on any atom is 0.149 e. The number of likely N-dealkylation sites (tertiary alicyclic amines) is 2. The maximum atomic E-state index is 11.8. The highest BCUT2D eigenvalue weighted by atomic mass is 16.1. The summed E-state index contributed by atoms with van der Waals surface area (Å²) in [5.74, 6) is 0.579. The number of hydrogen-bond acceptors (Lipinski definition) is 3. The molecule has 2 aliphatic heterocycles. The van der Waals surface area contributed by atoms with Crippen LogP contribution in [0, 0.1) is 11.3 Å². The fourth-order valence-electron chi connectivity index (χ4n) is 3.60. The summed E-state index contributed by atoms with van der Waals surface area (Å²) in [6.07, 6.45) is 5.31. The maximum absolute atomic E-state index is 11.8. The number of rotatable bonds is 4. The van der Waals surface area contributed by atoms with Crippen molar-refractivity contribution >= 4 is 5.78 Å². The van der Waals surface area contributed by atoms with Crippen molar-refractivity contribution in [2.75, 3.05) is 32.7 Å². The molecule has 0 aromatic rings. The highest BCUT2D eigenvalue weighted by molar-refractivity contribution is 5.82. The van der Waals surface area contributed by atoms with Crippen LogP contribution >= 0.6 is 0 Å². The van der Waals surface area contributed by atoms with E-state index in [1.54, 1.807) is 0 Å². The molecule has 3 heteroatoms. The van der Waals surface area contributed by atoms with Gasteiger partial charge in [0.1, 0.15) is 5.78 Å². The van der Waals surface area contributed by atoms with Gasteiger partial charge in [0, 0.05) is 12.0 Å². The molecule has 0 aliphatic carbocycles. The van der Waals surface area contributed by atoms with Gasteiger partial charge in [-0.15, -0.1) is 0 Å². The molecular weight excluding hydrogens is 248 g/mol. The van der Waals surface area contributed by atoms with Gasteiger partial charge in [-0.2, -0.15) is 0 Å². The minimum absolute atomic E-state index is 0.181. The quantitative estimate of drug-likeness (QED) is 0.791. The predicted octanol–water partition coefficient (Wildman–Crippen LogP) is 2.80. The van der Waals surface area contributed by atoms with Crippen LogP contribution in [0.3, 0.4) is 0 Å². The van der Waals surface area contributed by atoms with Gasteiger partial charge in [-0.25, -0.2) is 0 Å². The van der Waals surface area contributed by atoms with Crippen LogP contribution in [0.25, 0.3) is 0 Å². The molecule has 0 aromatic heterocycles. The van der Waals surface area contributed by atoms with Gasteiger partial charge in [-0.05, 0) is 71.1 Å². The Bertz CT molecular complexity index is 320. The number of ketones is 1. The monoisotopic (exact) mass is 280 g/mol. The van der Waals surface area contributed by atoms with Gasteiger partial charge in [0.25, 0.3) is 0 Å². The molecule has 0 radical (unpaired) electrons. The molecule has 0 unspecified atom stereocenters. The van der Waals surface area contributed by atoms with Crippen molar-refractivity contribution in [2.24, 2.45) is 11.3 Å². The lowest BCUT2D eigenvalue weighted by atomic mass is 9.71. The molecule has 1 spiro atoms. The number of hydrogen-bond donors (Lipinski definition) is 0. The van der Waals surface area contributed by atoms with Crippen LogP contribution in [-0.2, 0) is 4.79 Å². The van der Waals surface area contributed by atoms with E-state index in [9.17, 15) is 4.79 Å². The largest absolute Gasteiger partial charge is 0.301 e. The van der Waals surface area contributed by atoms with E-state index in [0.29, 0.717) is 23.8 Å². The zero-order valence-corrected chi connectivity index (χ0v) is 13.8. The zero-order valence-electron chi connectivity index (χ0n) is 13.8. The second-order valence-corrected chi connectivity index (χ2v) is 7.53. The van der Waals surface area contributed by atoms with E-state index < -0.39 is 0 Å². The van der Waals surface area contributed by atoms with E-state index in [-0.39, 0.29) is 5.92 Å². The smallest absolute Gasteiger partial charge is 0.149 e. The molecule has 116 valence electrons. The first kappa shape index (κ1) is 16.0. The molecule has 0 N–H and O–H groups in total. The summed E-state index contributed by atoms with van der Waals surface area (Å²) in [6, 6.07) is 0.691. The van der Waals surface area contributed by atoms with Gasteiger partial charge in [0.05, 0.1) is 6.54 Å². The Kier molecular flexibility index (Phi) is 5.25. The Labute approximate surface area is 124 Å². The molecule has 2 heterocycles. The lowest BCUT2D eigenvalue weighted by Crippen LogP contribution is -2.49. The molecule has 2 fully saturated rings. The molecule has 0 bridgehead atoms. The standard InChI is InChI=1S/C17H32N2O/c1-14(2)16(20)13-18-9-5-17(6-10-18)7-11-19(12-8-17)15(3)4/h14-15H,5-13H2,1-4H3. The Hall–Kier alpha value is -0.410. The Balaban J connectivity index is 1.78. The third-order valence-corrected chi connectivity index (χ3v) is 5.53. The summed E-state index contributed by atoms with van der Waals surface area (Å²) in [5, 5.41) is 0. The third kappa shape index (κ3) is 3.82. The SMILES string of the molecule is CC(C)C(=O)CN1CCC2(CC1)CCN(C(C)C)CC2. The van der Waals surface area contributed by atoms with Crippen molar-refractivity contribution in [3.8, 4) is 0 Å². The molecule has 0 atom stereocenters. The summed E-state index contributed by atoms with van der Waals surface area (Å²) in [6.45, 7) is 14.1. The van der Waals surface area contributed by atoms with E-state index in [2.05, 4.69) is 23.6 Å². The molecule has 2 saturated heterocycles. The van der Waals surface area contributed by atoms with Crippen molar-refractivity contribution < 1.29 is 4.79 Å². The molecule has 0 amide bonds. The van der Waals surface area contributed by atoms with Crippen LogP contribution in [0.4, 0.5) is 0 Å². The van der Waals surface area contributed by atoms with Crippen LogP contribution in [0.2, 0.25) is 0 Å². The van der Waals surface area contributed by atoms with E-state index in [0.717, 1.165) is 13.1 Å². The van der Waals surface area contributed by atoms with E-state index in [1.165, 1.54) is 38.8 Å². The van der Waals surface area contributed by atoms with Crippen molar-refractivity contribution in [1.82, 2.24) is 9.80 Å². The van der Waals surface area contributed by atoms with Gasteiger partial charge in [0.15, 0.2) is 0 Å². The first-order valence-electron chi connectivity index (χ1n) is 8.41. The van der Waals surface area contributed by atoms with Gasteiger partial charge >= 0.3 is 0 Å². The molecule has 3 nitrogen and oxygen atoms in total. The topological polar surface area (TPSA) is 23.6 Å². The van der Waals surface area contributed by atoms with Crippen LogP contribution in [-0.4, -0.2) is 54.3 Å². The molecule has 0 aromatic carbocycles. The number of piperidine rings is 2.